The van der Waals surface area contributed by atoms with E-state index in [-0.39, 0.29) is 6.04 Å². The van der Waals surface area contributed by atoms with Crippen LogP contribution in [0.15, 0.2) is 28.7 Å². The lowest BCUT2D eigenvalue weighted by atomic mass is 10.3. The van der Waals surface area contributed by atoms with E-state index in [1.165, 1.54) is 9.75 Å². The molecular weight excluding hydrogens is 276 g/mol. The van der Waals surface area contributed by atoms with Gasteiger partial charge in [0, 0.05) is 23.0 Å². The van der Waals surface area contributed by atoms with Crippen molar-refractivity contribution in [2.24, 2.45) is 4.99 Å². The fourth-order valence-corrected chi connectivity index (χ4v) is 3.11. The highest BCUT2D eigenvalue weighted by Gasteiger charge is 2.08. The molecule has 0 spiro atoms. The van der Waals surface area contributed by atoms with Crippen molar-refractivity contribution in [3.8, 4) is 0 Å². The first kappa shape index (κ1) is 14.0. The maximum atomic E-state index is 4.33. The number of thiophene rings is 1. The molecule has 1 unspecified atom stereocenters. The minimum Gasteiger partial charge on any atom is -0.350 e. The summed E-state index contributed by atoms with van der Waals surface area (Å²) in [7, 11) is 1.78. The number of aliphatic imine (C=N–C) groups is 1. The van der Waals surface area contributed by atoms with E-state index in [4.69, 9.17) is 0 Å². The van der Waals surface area contributed by atoms with Crippen molar-refractivity contribution in [2.75, 3.05) is 7.05 Å². The standard InChI is InChI=1S/C13H18N4S2/c1-9-7-15-12(19-9)8-16-13(14-3)17-10(2)11-5-4-6-18-11/h4-7,10H,8H2,1-3H3,(H2,14,16,17). The van der Waals surface area contributed by atoms with Crippen molar-refractivity contribution in [3.63, 3.8) is 0 Å². The molecule has 2 aromatic rings. The van der Waals surface area contributed by atoms with Gasteiger partial charge in [-0.3, -0.25) is 4.99 Å². The van der Waals surface area contributed by atoms with Gasteiger partial charge < -0.3 is 10.6 Å². The average Bonchev–Trinajstić information content (AvgIpc) is 3.05. The molecule has 0 aliphatic carbocycles. The molecule has 0 aromatic carbocycles. The number of hydrogen-bond acceptors (Lipinski definition) is 4. The van der Waals surface area contributed by atoms with E-state index in [1.807, 2.05) is 6.20 Å². The third-order valence-electron chi connectivity index (χ3n) is 2.62. The van der Waals surface area contributed by atoms with E-state index in [0.717, 1.165) is 11.0 Å². The highest BCUT2D eigenvalue weighted by molar-refractivity contribution is 7.11. The Morgan fingerprint density at radius 1 is 1.53 bits per heavy atom. The van der Waals surface area contributed by atoms with Gasteiger partial charge in [0.25, 0.3) is 0 Å². The Hall–Kier alpha value is -1.40. The van der Waals surface area contributed by atoms with Crippen molar-refractivity contribution >= 4 is 28.6 Å². The normalized spacial score (nSPS) is 13.3. The highest BCUT2D eigenvalue weighted by Crippen LogP contribution is 2.17. The molecule has 6 heteroatoms. The van der Waals surface area contributed by atoms with Crippen molar-refractivity contribution in [3.05, 3.63) is 38.5 Å². The highest BCUT2D eigenvalue weighted by atomic mass is 32.1. The Balaban J connectivity index is 1.87. The van der Waals surface area contributed by atoms with E-state index in [2.05, 4.69) is 52.0 Å². The summed E-state index contributed by atoms with van der Waals surface area (Å²) in [5.74, 6) is 0.800. The number of guanidine groups is 1. The Kier molecular flexibility index (Phi) is 4.93. The summed E-state index contributed by atoms with van der Waals surface area (Å²) in [6, 6.07) is 4.44. The zero-order valence-corrected chi connectivity index (χ0v) is 12.9. The van der Waals surface area contributed by atoms with Crippen LogP contribution in [-0.2, 0) is 6.54 Å². The van der Waals surface area contributed by atoms with Crippen LogP contribution in [0.25, 0.3) is 0 Å². The van der Waals surface area contributed by atoms with Gasteiger partial charge in [-0.1, -0.05) is 6.07 Å². The SMILES string of the molecule is CN=C(NCc1ncc(C)s1)NC(C)c1cccs1. The summed E-state index contributed by atoms with van der Waals surface area (Å²) in [6.07, 6.45) is 1.89. The van der Waals surface area contributed by atoms with E-state index < -0.39 is 0 Å². The molecule has 2 heterocycles. The topological polar surface area (TPSA) is 49.3 Å². The van der Waals surface area contributed by atoms with E-state index in [1.54, 1.807) is 29.7 Å². The summed E-state index contributed by atoms with van der Waals surface area (Å²) >= 11 is 3.45. The van der Waals surface area contributed by atoms with Gasteiger partial charge in [0.05, 0.1) is 12.6 Å². The second-order valence-corrected chi connectivity index (χ2v) is 6.47. The Labute approximate surface area is 121 Å². The van der Waals surface area contributed by atoms with Crippen LogP contribution in [0.4, 0.5) is 0 Å². The lowest BCUT2D eigenvalue weighted by Crippen LogP contribution is -2.38. The van der Waals surface area contributed by atoms with Crippen LogP contribution in [0.5, 0.6) is 0 Å². The zero-order chi connectivity index (χ0) is 13.7. The molecule has 2 N–H and O–H groups in total. The van der Waals surface area contributed by atoms with Gasteiger partial charge in [-0.15, -0.1) is 22.7 Å². The Bertz CT molecular complexity index is 531. The second-order valence-electron chi connectivity index (χ2n) is 4.17. The number of hydrogen-bond donors (Lipinski definition) is 2. The summed E-state index contributed by atoms with van der Waals surface area (Å²) in [6.45, 7) is 4.90. The van der Waals surface area contributed by atoms with Gasteiger partial charge >= 0.3 is 0 Å². The molecule has 0 fully saturated rings. The molecule has 0 saturated carbocycles. The second kappa shape index (κ2) is 6.68. The first-order valence-corrected chi connectivity index (χ1v) is 7.80. The molecule has 2 rings (SSSR count). The van der Waals surface area contributed by atoms with Gasteiger partial charge in [-0.25, -0.2) is 4.98 Å². The van der Waals surface area contributed by atoms with Crippen molar-refractivity contribution in [1.82, 2.24) is 15.6 Å². The third kappa shape index (κ3) is 4.04. The third-order valence-corrected chi connectivity index (χ3v) is 4.59. The molecule has 0 saturated heterocycles. The quantitative estimate of drug-likeness (QED) is 0.673. The van der Waals surface area contributed by atoms with Crippen LogP contribution in [0, 0.1) is 6.92 Å². The Morgan fingerprint density at radius 3 is 2.95 bits per heavy atom. The number of aryl methyl sites for hydroxylation is 1. The maximum absolute atomic E-state index is 4.33. The molecule has 1 atom stereocenters. The van der Waals surface area contributed by atoms with E-state index in [0.29, 0.717) is 6.54 Å². The van der Waals surface area contributed by atoms with Crippen LogP contribution in [-0.4, -0.2) is 18.0 Å². The van der Waals surface area contributed by atoms with Crippen molar-refractivity contribution in [1.29, 1.82) is 0 Å². The predicted octanol–water partition coefficient (Wildman–Crippen LogP) is 2.94. The van der Waals surface area contributed by atoms with Gasteiger partial charge in [-0.2, -0.15) is 0 Å². The minimum atomic E-state index is 0.254. The van der Waals surface area contributed by atoms with Gasteiger partial charge in [0.2, 0.25) is 0 Å². The molecule has 0 aliphatic rings. The zero-order valence-electron chi connectivity index (χ0n) is 11.3. The molecule has 0 aliphatic heterocycles. The van der Waals surface area contributed by atoms with Crippen LogP contribution >= 0.6 is 22.7 Å². The maximum Gasteiger partial charge on any atom is 0.191 e. The lowest BCUT2D eigenvalue weighted by Gasteiger charge is -2.16. The fraction of sp³-hybridized carbons (Fsp3) is 0.385. The predicted molar refractivity (Wildman–Crippen MR) is 82.9 cm³/mol. The van der Waals surface area contributed by atoms with Gasteiger partial charge in [0.1, 0.15) is 5.01 Å². The largest absolute Gasteiger partial charge is 0.350 e. The first-order valence-electron chi connectivity index (χ1n) is 6.11. The number of thiazole rings is 1. The smallest absolute Gasteiger partial charge is 0.191 e. The van der Waals surface area contributed by atoms with Crippen LogP contribution in [0.3, 0.4) is 0 Å². The van der Waals surface area contributed by atoms with Crippen molar-refractivity contribution in [2.45, 2.75) is 26.4 Å². The van der Waals surface area contributed by atoms with Crippen molar-refractivity contribution < 1.29 is 0 Å². The van der Waals surface area contributed by atoms with E-state index >= 15 is 0 Å². The van der Waals surface area contributed by atoms with Crippen LogP contribution in [0.2, 0.25) is 0 Å². The number of aromatic nitrogens is 1. The minimum absolute atomic E-state index is 0.254. The molecule has 4 nitrogen and oxygen atoms in total. The summed E-state index contributed by atoms with van der Waals surface area (Å²) in [5, 5.41) is 9.81. The summed E-state index contributed by atoms with van der Waals surface area (Å²) < 4.78 is 0. The van der Waals surface area contributed by atoms with E-state index in [9.17, 15) is 0 Å². The number of nitrogens with one attached hydrogen (secondary N) is 2. The summed E-state index contributed by atoms with van der Waals surface area (Å²) in [4.78, 5) is 11.1. The number of rotatable bonds is 4. The molecule has 19 heavy (non-hydrogen) atoms. The van der Waals surface area contributed by atoms with Gasteiger partial charge in [-0.05, 0) is 25.3 Å². The molecule has 102 valence electrons. The molecule has 2 aromatic heterocycles. The van der Waals surface area contributed by atoms with Crippen LogP contribution < -0.4 is 10.6 Å². The average molecular weight is 294 g/mol. The molecule has 0 bridgehead atoms. The summed E-state index contributed by atoms with van der Waals surface area (Å²) in [5.41, 5.74) is 0. The Morgan fingerprint density at radius 2 is 2.37 bits per heavy atom. The fourth-order valence-electron chi connectivity index (χ4n) is 1.65. The van der Waals surface area contributed by atoms with Gasteiger partial charge in [0.15, 0.2) is 5.96 Å². The van der Waals surface area contributed by atoms with Crippen LogP contribution in [0.1, 0.15) is 27.7 Å². The molecule has 0 radical (unpaired) electrons. The molecular formula is C13H18N4S2. The lowest BCUT2D eigenvalue weighted by molar-refractivity contribution is 0.696. The monoisotopic (exact) mass is 294 g/mol. The first-order chi connectivity index (χ1) is 9.19. The number of nitrogens with zero attached hydrogens (tertiary/aromatic N) is 2. The molecule has 0 amide bonds.